The Labute approximate surface area is 135 Å². The van der Waals surface area contributed by atoms with Crippen molar-refractivity contribution in [1.82, 2.24) is 4.98 Å². The van der Waals surface area contributed by atoms with E-state index in [0.717, 1.165) is 30.7 Å². The Balaban J connectivity index is 1.70. The van der Waals surface area contributed by atoms with Crippen molar-refractivity contribution in [1.29, 1.82) is 5.26 Å². The van der Waals surface area contributed by atoms with Crippen LogP contribution in [0, 0.1) is 17.2 Å². The third-order valence-corrected chi connectivity index (χ3v) is 5.32. The topological polar surface area (TPSA) is 55.1 Å². The molecule has 2 aliphatic carbocycles. The number of pyridine rings is 1. The summed E-state index contributed by atoms with van der Waals surface area (Å²) in [4.78, 5) is 4.64. The predicted octanol–water partition coefficient (Wildman–Crippen LogP) is 3.83. The number of nitriles is 1. The zero-order chi connectivity index (χ0) is 15.9. The minimum atomic E-state index is -0.664. The van der Waals surface area contributed by atoms with Crippen molar-refractivity contribution in [2.75, 3.05) is 7.11 Å². The van der Waals surface area contributed by atoms with E-state index in [1.54, 1.807) is 7.11 Å². The second-order valence-corrected chi connectivity index (χ2v) is 6.33. The summed E-state index contributed by atoms with van der Waals surface area (Å²) >= 11 is 0. The van der Waals surface area contributed by atoms with Crippen LogP contribution in [0.1, 0.15) is 25.0 Å². The fourth-order valence-corrected chi connectivity index (χ4v) is 4.06. The van der Waals surface area contributed by atoms with E-state index in [9.17, 15) is 5.26 Å². The summed E-state index contributed by atoms with van der Waals surface area (Å²) in [5.74, 6) is 1.73. The average molecular weight is 306 g/mol. The van der Waals surface area contributed by atoms with Gasteiger partial charge in [-0.25, -0.2) is 4.98 Å². The van der Waals surface area contributed by atoms with Gasteiger partial charge in [-0.2, -0.15) is 5.26 Å². The van der Waals surface area contributed by atoms with Crippen molar-refractivity contribution in [3.05, 3.63) is 54.2 Å². The van der Waals surface area contributed by atoms with Crippen molar-refractivity contribution < 1.29 is 9.47 Å². The Morgan fingerprint density at radius 3 is 2.70 bits per heavy atom. The molecule has 0 spiro atoms. The molecule has 0 bridgehead atoms. The van der Waals surface area contributed by atoms with Crippen LogP contribution < -0.4 is 4.74 Å². The quantitative estimate of drug-likeness (QED) is 0.861. The van der Waals surface area contributed by atoms with Crippen LogP contribution in [0.5, 0.6) is 11.6 Å². The molecular formula is C19H18N2O2. The number of benzene rings is 1. The highest BCUT2D eigenvalue weighted by Gasteiger charge is 2.73. The van der Waals surface area contributed by atoms with Gasteiger partial charge in [0.05, 0.1) is 17.4 Å². The summed E-state index contributed by atoms with van der Waals surface area (Å²) in [6.45, 7) is 0. The summed E-state index contributed by atoms with van der Waals surface area (Å²) in [5, 5.41) is 9.93. The third-order valence-electron chi connectivity index (χ3n) is 5.32. The minimum Gasteiger partial charge on any atom is -0.439 e. The number of hydrogen-bond donors (Lipinski definition) is 0. The van der Waals surface area contributed by atoms with Gasteiger partial charge in [0.15, 0.2) is 0 Å². The maximum atomic E-state index is 9.93. The molecule has 2 aromatic rings. The Morgan fingerprint density at radius 2 is 2.00 bits per heavy atom. The summed E-state index contributed by atoms with van der Waals surface area (Å²) < 4.78 is 11.6. The van der Waals surface area contributed by atoms with Crippen LogP contribution in [0.3, 0.4) is 0 Å². The lowest BCUT2D eigenvalue weighted by Gasteiger charge is -2.30. The lowest BCUT2D eigenvalue weighted by atomic mass is 9.78. The zero-order valence-corrected chi connectivity index (χ0v) is 13.0. The van der Waals surface area contributed by atoms with E-state index in [2.05, 4.69) is 11.1 Å². The summed E-state index contributed by atoms with van der Waals surface area (Å²) in [6.07, 6.45) is 2.76. The highest BCUT2D eigenvalue weighted by atomic mass is 16.5. The molecule has 4 nitrogen and oxygen atoms in total. The Bertz CT molecular complexity index is 766. The van der Waals surface area contributed by atoms with Crippen LogP contribution in [0.25, 0.3) is 0 Å². The van der Waals surface area contributed by atoms with Crippen LogP contribution >= 0.6 is 0 Å². The maximum absolute atomic E-state index is 9.93. The van der Waals surface area contributed by atoms with Gasteiger partial charge in [-0.15, -0.1) is 0 Å². The van der Waals surface area contributed by atoms with Crippen LogP contribution in [0.2, 0.25) is 0 Å². The smallest absolute Gasteiger partial charge is 0.219 e. The first kappa shape index (κ1) is 14.2. The van der Waals surface area contributed by atoms with Gasteiger partial charge in [0.25, 0.3) is 0 Å². The molecule has 3 unspecified atom stereocenters. The molecule has 0 aliphatic heterocycles. The summed E-state index contributed by atoms with van der Waals surface area (Å²) in [7, 11) is 1.71. The van der Waals surface area contributed by atoms with E-state index in [-0.39, 0.29) is 5.60 Å². The first-order valence-electron chi connectivity index (χ1n) is 7.91. The lowest BCUT2D eigenvalue weighted by Crippen LogP contribution is -2.40. The van der Waals surface area contributed by atoms with Crippen molar-refractivity contribution in [2.45, 2.75) is 30.3 Å². The van der Waals surface area contributed by atoms with Crippen LogP contribution in [-0.2, 0) is 10.2 Å². The van der Waals surface area contributed by atoms with Crippen molar-refractivity contribution >= 4 is 0 Å². The van der Waals surface area contributed by atoms with Gasteiger partial charge in [-0.3, -0.25) is 0 Å². The van der Waals surface area contributed by atoms with Crippen LogP contribution in [0.15, 0.2) is 48.5 Å². The third kappa shape index (κ3) is 1.97. The van der Waals surface area contributed by atoms with Gasteiger partial charge >= 0.3 is 0 Å². The Hall–Kier alpha value is -2.38. The molecule has 1 aromatic heterocycles. The van der Waals surface area contributed by atoms with Gasteiger partial charge in [0.2, 0.25) is 5.88 Å². The maximum Gasteiger partial charge on any atom is 0.219 e. The number of nitrogens with zero attached hydrogens (tertiary/aromatic N) is 2. The molecule has 4 heteroatoms. The normalized spacial score (nSPS) is 31.2. The second-order valence-electron chi connectivity index (χ2n) is 6.33. The molecule has 2 saturated carbocycles. The molecule has 1 aromatic carbocycles. The highest BCUT2D eigenvalue weighted by Crippen LogP contribution is 2.67. The molecule has 2 aliphatic rings. The van der Waals surface area contributed by atoms with E-state index in [1.165, 1.54) is 0 Å². The molecule has 4 rings (SSSR count). The van der Waals surface area contributed by atoms with E-state index in [4.69, 9.17) is 9.47 Å². The molecule has 0 N–H and O–H groups in total. The van der Waals surface area contributed by atoms with Crippen molar-refractivity contribution in [3.8, 4) is 17.7 Å². The average Bonchev–Trinajstić information content (AvgIpc) is 3.25. The van der Waals surface area contributed by atoms with E-state index < -0.39 is 5.41 Å². The van der Waals surface area contributed by atoms with Gasteiger partial charge in [-0.1, -0.05) is 24.3 Å². The van der Waals surface area contributed by atoms with Crippen LogP contribution in [-0.4, -0.2) is 17.7 Å². The first-order valence-corrected chi connectivity index (χ1v) is 7.91. The molecule has 3 atom stereocenters. The molecule has 23 heavy (non-hydrogen) atoms. The number of rotatable bonds is 4. The summed E-state index contributed by atoms with van der Waals surface area (Å²) in [6, 6.07) is 17.7. The number of fused-ring (bicyclic) bond motifs is 1. The number of para-hydroxylation sites is 1. The molecular weight excluding hydrogens is 288 g/mol. The highest BCUT2D eigenvalue weighted by molar-refractivity contribution is 5.43. The number of hydrogen-bond acceptors (Lipinski definition) is 4. The number of aromatic nitrogens is 1. The van der Waals surface area contributed by atoms with Crippen LogP contribution in [0.4, 0.5) is 0 Å². The second kappa shape index (κ2) is 5.07. The monoisotopic (exact) mass is 306 g/mol. The fourth-order valence-electron chi connectivity index (χ4n) is 4.06. The number of ether oxygens (including phenoxy) is 2. The molecule has 1 heterocycles. The Morgan fingerprint density at radius 1 is 1.17 bits per heavy atom. The molecule has 0 amide bonds. The van der Waals surface area contributed by atoms with Crippen molar-refractivity contribution in [2.24, 2.45) is 5.92 Å². The van der Waals surface area contributed by atoms with E-state index in [0.29, 0.717) is 11.8 Å². The van der Waals surface area contributed by atoms with Gasteiger partial charge in [-0.05, 0) is 43.4 Å². The van der Waals surface area contributed by atoms with Gasteiger partial charge in [0.1, 0.15) is 11.2 Å². The predicted molar refractivity (Wildman–Crippen MR) is 85.1 cm³/mol. The first-order chi connectivity index (χ1) is 11.2. The lowest BCUT2D eigenvalue weighted by molar-refractivity contribution is 0.0330. The van der Waals surface area contributed by atoms with Gasteiger partial charge in [0, 0.05) is 13.2 Å². The van der Waals surface area contributed by atoms with Gasteiger partial charge < -0.3 is 9.47 Å². The molecule has 116 valence electrons. The van der Waals surface area contributed by atoms with E-state index >= 15 is 0 Å². The Kier molecular flexibility index (Phi) is 3.14. The number of methoxy groups -OCH3 is 1. The zero-order valence-electron chi connectivity index (χ0n) is 13.0. The standard InChI is InChI=1S/C19H18N2O2/c1-22-19-12-14(19)10-11-18(19,13-20)16-8-5-9-17(21-16)23-15-6-3-2-4-7-15/h2-9,14H,10-12H2,1H3. The largest absolute Gasteiger partial charge is 0.439 e. The molecule has 2 fully saturated rings. The fraction of sp³-hybridized carbons (Fsp3) is 0.368. The van der Waals surface area contributed by atoms with Crippen molar-refractivity contribution in [3.63, 3.8) is 0 Å². The van der Waals surface area contributed by atoms with E-state index in [1.807, 2.05) is 48.5 Å². The molecule has 0 radical (unpaired) electrons. The molecule has 0 saturated heterocycles. The minimum absolute atomic E-state index is 0.361. The SMILES string of the molecule is COC12CC1CCC2(C#N)c1cccc(Oc2ccccc2)n1. The summed E-state index contributed by atoms with van der Waals surface area (Å²) in [5.41, 5.74) is -0.266.